The molecule has 1 amide bonds. The summed E-state index contributed by atoms with van der Waals surface area (Å²) in [5.41, 5.74) is 0.550. The van der Waals surface area contributed by atoms with Crippen molar-refractivity contribution >= 4 is 17.5 Å². The Hall–Kier alpha value is -1.22. The van der Waals surface area contributed by atoms with Crippen molar-refractivity contribution in [2.75, 3.05) is 19.0 Å². The number of nitrogens with zero attached hydrogens (tertiary/aromatic N) is 1. The van der Waals surface area contributed by atoms with Crippen LogP contribution in [0.1, 0.15) is 23.2 Å². The molecule has 1 N–H and O–H groups in total. The molecule has 1 aromatic carbocycles. The first-order chi connectivity index (χ1) is 8.20. The second-order valence-corrected chi connectivity index (χ2v) is 4.75. The molecule has 17 heavy (non-hydrogen) atoms. The number of amides is 1. The SMILES string of the molecule is O=C(c1cccc(O)c1)N1CCC(CCl)CC1. The summed E-state index contributed by atoms with van der Waals surface area (Å²) in [4.78, 5) is 14.0. The Kier molecular flexibility index (Phi) is 3.89. The van der Waals surface area contributed by atoms with Gasteiger partial charge in [-0.1, -0.05) is 6.07 Å². The number of hydrogen-bond acceptors (Lipinski definition) is 2. The monoisotopic (exact) mass is 253 g/mol. The number of carbonyl (C=O) groups is 1. The van der Waals surface area contributed by atoms with Gasteiger partial charge in [0, 0.05) is 24.5 Å². The second-order valence-electron chi connectivity index (χ2n) is 4.44. The molecular weight excluding hydrogens is 238 g/mol. The molecule has 0 aromatic heterocycles. The number of piperidine rings is 1. The number of hydrogen-bond donors (Lipinski definition) is 1. The highest BCUT2D eigenvalue weighted by Crippen LogP contribution is 2.21. The summed E-state index contributed by atoms with van der Waals surface area (Å²) in [5, 5.41) is 9.35. The summed E-state index contributed by atoms with van der Waals surface area (Å²) in [7, 11) is 0. The average molecular weight is 254 g/mol. The third-order valence-corrected chi connectivity index (χ3v) is 3.65. The summed E-state index contributed by atoms with van der Waals surface area (Å²) < 4.78 is 0. The van der Waals surface area contributed by atoms with Gasteiger partial charge in [-0.3, -0.25) is 4.79 Å². The van der Waals surface area contributed by atoms with Gasteiger partial charge in [-0.05, 0) is 37.0 Å². The smallest absolute Gasteiger partial charge is 0.253 e. The lowest BCUT2D eigenvalue weighted by Crippen LogP contribution is -2.38. The number of aromatic hydroxyl groups is 1. The molecule has 0 atom stereocenters. The van der Waals surface area contributed by atoms with Crippen molar-refractivity contribution < 1.29 is 9.90 Å². The maximum Gasteiger partial charge on any atom is 0.253 e. The standard InChI is InChI=1S/C13H16ClNO2/c14-9-10-4-6-15(7-5-10)13(17)11-2-1-3-12(16)8-11/h1-3,8,10,16H,4-7,9H2. The van der Waals surface area contributed by atoms with Crippen LogP contribution in [0.15, 0.2) is 24.3 Å². The highest BCUT2D eigenvalue weighted by molar-refractivity contribution is 6.18. The van der Waals surface area contributed by atoms with Gasteiger partial charge in [0.2, 0.25) is 0 Å². The Morgan fingerprint density at radius 1 is 1.41 bits per heavy atom. The fourth-order valence-electron chi connectivity index (χ4n) is 2.11. The molecule has 3 nitrogen and oxygen atoms in total. The summed E-state index contributed by atoms with van der Waals surface area (Å²) in [6.07, 6.45) is 1.93. The van der Waals surface area contributed by atoms with E-state index in [9.17, 15) is 9.90 Å². The maximum atomic E-state index is 12.1. The van der Waals surface area contributed by atoms with Crippen LogP contribution in [0.5, 0.6) is 5.75 Å². The number of alkyl halides is 1. The zero-order valence-corrected chi connectivity index (χ0v) is 10.4. The van der Waals surface area contributed by atoms with Gasteiger partial charge in [0.15, 0.2) is 0 Å². The molecule has 0 saturated carbocycles. The van der Waals surface area contributed by atoms with Crippen LogP contribution in [0.3, 0.4) is 0 Å². The molecule has 1 saturated heterocycles. The van der Waals surface area contributed by atoms with Crippen molar-refractivity contribution in [1.29, 1.82) is 0 Å². The molecule has 0 bridgehead atoms. The molecule has 0 spiro atoms. The van der Waals surface area contributed by atoms with Gasteiger partial charge in [-0.15, -0.1) is 11.6 Å². The Bertz CT molecular complexity index is 400. The van der Waals surface area contributed by atoms with Gasteiger partial charge in [0.1, 0.15) is 5.75 Å². The molecule has 2 rings (SSSR count). The molecule has 1 heterocycles. The van der Waals surface area contributed by atoms with Crippen molar-refractivity contribution in [2.45, 2.75) is 12.8 Å². The Labute approximate surface area is 106 Å². The molecule has 1 aliphatic rings. The predicted octanol–water partition coefficient (Wildman–Crippen LogP) is 2.48. The highest BCUT2D eigenvalue weighted by Gasteiger charge is 2.23. The van der Waals surface area contributed by atoms with Crippen LogP contribution in [0, 0.1) is 5.92 Å². The summed E-state index contributed by atoms with van der Waals surface area (Å²) >= 11 is 5.81. The quantitative estimate of drug-likeness (QED) is 0.823. The van der Waals surface area contributed by atoms with E-state index in [4.69, 9.17) is 11.6 Å². The van der Waals surface area contributed by atoms with E-state index in [0.29, 0.717) is 17.4 Å². The van der Waals surface area contributed by atoms with Crippen molar-refractivity contribution in [3.05, 3.63) is 29.8 Å². The van der Waals surface area contributed by atoms with Crippen LogP contribution >= 0.6 is 11.6 Å². The highest BCUT2D eigenvalue weighted by atomic mass is 35.5. The Morgan fingerprint density at radius 2 is 2.12 bits per heavy atom. The minimum Gasteiger partial charge on any atom is -0.508 e. The van der Waals surface area contributed by atoms with Gasteiger partial charge >= 0.3 is 0 Å². The maximum absolute atomic E-state index is 12.1. The molecule has 0 unspecified atom stereocenters. The van der Waals surface area contributed by atoms with Gasteiger partial charge in [0.05, 0.1) is 0 Å². The van der Waals surface area contributed by atoms with Gasteiger partial charge in [-0.2, -0.15) is 0 Å². The van der Waals surface area contributed by atoms with E-state index in [1.54, 1.807) is 18.2 Å². The van der Waals surface area contributed by atoms with E-state index in [1.807, 2.05) is 4.90 Å². The molecule has 1 aromatic rings. The Morgan fingerprint density at radius 3 is 2.71 bits per heavy atom. The van der Waals surface area contributed by atoms with Crippen LogP contribution in [0.2, 0.25) is 0 Å². The van der Waals surface area contributed by atoms with E-state index >= 15 is 0 Å². The van der Waals surface area contributed by atoms with E-state index in [1.165, 1.54) is 6.07 Å². The fourth-order valence-corrected chi connectivity index (χ4v) is 2.42. The molecule has 1 aliphatic heterocycles. The number of carbonyl (C=O) groups excluding carboxylic acids is 1. The average Bonchev–Trinajstić information content (AvgIpc) is 2.38. The minimum absolute atomic E-state index is 0.00563. The van der Waals surface area contributed by atoms with Crippen molar-refractivity contribution in [2.24, 2.45) is 5.92 Å². The lowest BCUT2D eigenvalue weighted by atomic mass is 9.98. The van der Waals surface area contributed by atoms with Crippen LogP contribution in [-0.2, 0) is 0 Å². The van der Waals surface area contributed by atoms with E-state index < -0.39 is 0 Å². The van der Waals surface area contributed by atoms with Crippen molar-refractivity contribution in [3.8, 4) is 5.75 Å². The van der Waals surface area contributed by atoms with Gasteiger partial charge in [0.25, 0.3) is 5.91 Å². The number of benzene rings is 1. The summed E-state index contributed by atoms with van der Waals surface area (Å²) in [5.74, 6) is 1.33. The number of phenols is 1. The number of likely N-dealkylation sites (tertiary alicyclic amines) is 1. The zero-order valence-electron chi connectivity index (χ0n) is 9.60. The minimum atomic E-state index is -0.00563. The first kappa shape index (κ1) is 12.2. The van der Waals surface area contributed by atoms with Gasteiger partial charge < -0.3 is 10.0 Å². The number of phenolic OH excluding ortho intramolecular Hbond substituents is 1. The lowest BCUT2D eigenvalue weighted by Gasteiger charge is -2.31. The van der Waals surface area contributed by atoms with E-state index in [0.717, 1.165) is 25.9 Å². The van der Waals surface area contributed by atoms with E-state index in [2.05, 4.69) is 0 Å². The van der Waals surface area contributed by atoms with E-state index in [-0.39, 0.29) is 11.7 Å². The normalized spacial score (nSPS) is 17.1. The summed E-state index contributed by atoms with van der Waals surface area (Å²) in [6.45, 7) is 1.51. The third-order valence-electron chi connectivity index (χ3n) is 3.21. The molecule has 0 aliphatic carbocycles. The fraction of sp³-hybridized carbons (Fsp3) is 0.462. The molecule has 4 heteroatoms. The number of rotatable bonds is 2. The van der Waals surface area contributed by atoms with Crippen LogP contribution in [0.25, 0.3) is 0 Å². The predicted molar refractivity (Wildman–Crippen MR) is 67.5 cm³/mol. The van der Waals surface area contributed by atoms with Crippen molar-refractivity contribution in [1.82, 2.24) is 4.90 Å². The van der Waals surface area contributed by atoms with Gasteiger partial charge in [-0.25, -0.2) is 0 Å². The molecule has 92 valence electrons. The topological polar surface area (TPSA) is 40.5 Å². The first-order valence-electron chi connectivity index (χ1n) is 5.85. The molecule has 0 radical (unpaired) electrons. The molecule has 1 fully saturated rings. The third kappa shape index (κ3) is 2.91. The molecular formula is C13H16ClNO2. The summed E-state index contributed by atoms with van der Waals surface area (Å²) in [6, 6.07) is 6.50. The largest absolute Gasteiger partial charge is 0.508 e. The van der Waals surface area contributed by atoms with Crippen LogP contribution < -0.4 is 0 Å². The zero-order chi connectivity index (χ0) is 12.3. The second kappa shape index (κ2) is 5.41. The van der Waals surface area contributed by atoms with Crippen molar-refractivity contribution in [3.63, 3.8) is 0 Å². The van der Waals surface area contributed by atoms with Crippen LogP contribution in [-0.4, -0.2) is 34.9 Å². The Balaban J connectivity index is 2.02. The van der Waals surface area contributed by atoms with Crippen LogP contribution in [0.4, 0.5) is 0 Å². The number of halogens is 1. The lowest BCUT2D eigenvalue weighted by molar-refractivity contribution is 0.0698. The first-order valence-corrected chi connectivity index (χ1v) is 6.38.